The molecule has 162 valence electrons. The molecule has 0 amide bonds. The summed E-state index contributed by atoms with van der Waals surface area (Å²) < 4.78 is 32.5. The van der Waals surface area contributed by atoms with Crippen molar-refractivity contribution in [3.8, 4) is 0 Å². The number of nitrogens with one attached hydrogen (secondary N) is 3. The average Bonchev–Trinajstić information content (AvgIpc) is 2.97. The van der Waals surface area contributed by atoms with E-state index < -0.39 is 10.0 Å². The fraction of sp³-hybridized carbons (Fsp3) is 0.765. The van der Waals surface area contributed by atoms with Gasteiger partial charge in [-0.25, -0.2) is 23.1 Å². The van der Waals surface area contributed by atoms with Gasteiger partial charge in [0, 0.05) is 31.1 Å². The van der Waals surface area contributed by atoms with Gasteiger partial charge in [-0.2, -0.15) is 0 Å². The van der Waals surface area contributed by atoms with Crippen LogP contribution in [0.5, 0.6) is 0 Å². The first kappa shape index (κ1) is 25.5. The van der Waals surface area contributed by atoms with E-state index in [1.165, 1.54) is 4.88 Å². The molecule has 0 bridgehead atoms. The van der Waals surface area contributed by atoms with Crippen molar-refractivity contribution in [2.24, 2.45) is 4.99 Å². The maximum atomic E-state index is 12.2. The summed E-state index contributed by atoms with van der Waals surface area (Å²) >= 11 is 1.63. The Morgan fingerprint density at radius 1 is 1.32 bits per heavy atom. The maximum absolute atomic E-state index is 12.2. The van der Waals surface area contributed by atoms with E-state index in [2.05, 4.69) is 25.3 Å². The molecule has 28 heavy (non-hydrogen) atoms. The summed E-state index contributed by atoms with van der Waals surface area (Å²) in [7, 11) is -3.35. The standard InChI is InChI=1S/C17H31N5O3S2.HI/c1-4-18-17(20-12-16-22-13(2)14(3)26-16)19-8-10-27(23,24)21-11-15-7-5-6-9-25-15;/h15,21H,4-12H2,1-3H3,(H2,18,19,20);1H. The summed E-state index contributed by atoms with van der Waals surface area (Å²) in [5.41, 5.74) is 1.03. The van der Waals surface area contributed by atoms with Gasteiger partial charge in [-0.3, -0.25) is 0 Å². The molecule has 11 heteroatoms. The van der Waals surface area contributed by atoms with E-state index in [9.17, 15) is 8.42 Å². The summed E-state index contributed by atoms with van der Waals surface area (Å²) in [4.78, 5) is 10.1. The number of nitrogens with zero attached hydrogens (tertiary/aromatic N) is 2. The van der Waals surface area contributed by atoms with E-state index in [1.54, 1.807) is 11.3 Å². The molecule has 1 aliphatic heterocycles. The summed E-state index contributed by atoms with van der Waals surface area (Å²) in [6, 6.07) is 0. The Labute approximate surface area is 189 Å². The Balaban J connectivity index is 0.00000392. The van der Waals surface area contributed by atoms with Crippen LogP contribution < -0.4 is 15.4 Å². The number of guanidine groups is 1. The number of hydrogen-bond donors (Lipinski definition) is 3. The average molecular weight is 546 g/mol. The molecule has 0 aromatic carbocycles. The van der Waals surface area contributed by atoms with E-state index in [0.29, 0.717) is 32.2 Å². The zero-order chi connectivity index (χ0) is 19.7. The second-order valence-electron chi connectivity index (χ2n) is 6.53. The lowest BCUT2D eigenvalue weighted by Gasteiger charge is -2.22. The lowest BCUT2D eigenvalue weighted by atomic mass is 10.1. The third-order valence-electron chi connectivity index (χ3n) is 4.26. The number of ether oxygens (including phenoxy) is 1. The molecule has 1 atom stereocenters. The number of aryl methyl sites for hydroxylation is 2. The predicted molar refractivity (Wildman–Crippen MR) is 125 cm³/mol. The molecule has 0 spiro atoms. The normalized spacial score (nSPS) is 17.8. The third-order valence-corrected chi connectivity index (χ3v) is 6.66. The highest BCUT2D eigenvalue weighted by Crippen LogP contribution is 2.16. The molecule has 1 aliphatic rings. The minimum absolute atomic E-state index is 0. The van der Waals surface area contributed by atoms with E-state index in [4.69, 9.17) is 4.74 Å². The van der Waals surface area contributed by atoms with Gasteiger partial charge in [0.2, 0.25) is 10.0 Å². The minimum atomic E-state index is -3.35. The SMILES string of the molecule is CCNC(=NCc1nc(C)c(C)s1)NCCS(=O)(=O)NCC1CCCCO1.I. The Kier molecular flexibility index (Phi) is 11.8. The molecular weight excluding hydrogens is 513 g/mol. The van der Waals surface area contributed by atoms with Gasteiger partial charge in [-0.1, -0.05) is 0 Å². The van der Waals surface area contributed by atoms with E-state index in [-0.39, 0.29) is 42.4 Å². The first-order valence-electron chi connectivity index (χ1n) is 9.43. The van der Waals surface area contributed by atoms with Crippen LogP contribution in [0.3, 0.4) is 0 Å². The number of halogens is 1. The first-order chi connectivity index (χ1) is 12.9. The highest BCUT2D eigenvalue weighted by Gasteiger charge is 2.17. The Hall–Kier alpha value is -0.500. The van der Waals surface area contributed by atoms with Gasteiger partial charge in [0.1, 0.15) is 5.01 Å². The van der Waals surface area contributed by atoms with Crippen molar-refractivity contribution in [1.82, 2.24) is 20.3 Å². The zero-order valence-corrected chi connectivity index (χ0v) is 20.7. The van der Waals surface area contributed by atoms with Crippen LogP contribution in [0.25, 0.3) is 0 Å². The molecule has 2 rings (SSSR count). The number of rotatable bonds is 9. The summed E-state index contributed by atoms with van der Waals surface area (Å²) in [5, 5.41) is 7.14. The fourth-order valence-corrected chi connectivity index (χ4v) is 4.47. The fourth-order valence-electron chi connectivity index (χ4n) is 2.66. The Morgan fingerprint density at radius 2 is 2.11 bits per heavy atom. The number of aliphatic imine (C=N–C) groups is 1. The van der Waals surface area contributed by atoms with E-state index >= 15 is 0 Å². The van der Waals surface area contributed by atoms with Crippen molar-refractivity contribution in [2.75, 3.05) is 32.0 Å². The minimum Gasteiger partial charge on any atom is -0.377 e. The highest BCUT2D eigenvalue weighted by atomic mass is 127. The molecule has 2 heterocycles. The quantitative estimate of drug-likeness (QED) is 0.249. The van der Waals surface area contributed by atoms with E-state index in [0.717, 1.165) is 30.0 Å². The van der Waals surface area contributed by atoms with Gasteiger partial charge in [-0.15, -0.1) is 35.3 Å². The van der Waals surface area contributed by atoms with Crippen LogP contribution in [0, 0.1) is 13.8 Å². The van der Waals surface area contributed by atoms with Gasteiger partial charge < -0.3 is 15.4 Å². The van der Waals surface area contributed by atoms with Gasteiger partial charge in [-0.05, 0) is 40.0 Å². The van der Waals surface area contributed by atoms with Crippen molar-refractivity contribution in [2.45, 2.75) is 52.7 Å². The van der Waals surface area contributed by atoms with Crippen LogP contribution in [0.15, 0.2) is 4.99 Å². The van der Waals surface area contributed by atoms with Crippen LogP contribution >= 0.6 is 35.3 Å². The van der Waals surface area contributed by atoms with Crippen LogP contribution in [0.1, 0.15) is 41.8 Å². The number of thiazole rings is 1. The molecular formula is C17H32IN5O3S2. The number of aromatic nitrogens is 1. The van der Waals surface area contributed by atoms with Gasteiger partial charge in [0.15, 0.2) is 5.96 Å². The molecule has 0 saturated carbocycles. The van der Waals surface area contributed by atoms with Crippen LogP contribution in [0.4, 0.5) is 0 Å². The summed E-state index contributed by atoms with van der Waals surface area (Å²) in [6.45, 7) is 8.51. The highest BCUT2D eigenvalue weighted by molar-refractivity contribution is 14.0. The second kappa shape index (κ2) is 12.9. The van der Waals surface area contributed by atoms with Crippen LogP contribution in [-0.2, 0) is 21.3 Å². The molecule has 0 aliphatic carbocycles. The molecule has 1 aromatic heterocycles. The van der Waals surface area contributed by atoms with Crippen molar-refractivity contribution < 1.29 is 13.2 Å². The summed E-state index contributed by atoms with van der Waals surface area (Å²) in [6.07, 6.45) is 3.05. The molecule has 1 saturated heterocycles. The molecule has 3 N–H and O–H groups in total. The second-order valence-corrected chi connectivity index (χ2v) is 9.74. The number of sulfonamides is 1. The van der Waals surface area contributed by atoms with Crippen molar-refractivity contribution in [3.05, 3.63) is 15.6 Å². The largest absolute Gasteiger partial charge is 0.377 e. The molecule has 1 fully saturated rings. The van der Waals surface area contributed by atoms with Gasteiger partial charge in [0.05, 0.1) is 24.1 Å². The monoisotopic (exact) mass is 545 g/mol. The van der Waals surface area contributed by atoms with Crippen molar-refractivity contribution in [3.63, 3.8) is 0 Å². The lowest BCUT2D eigenvalue weighted by Crippen LogP contribution is -2.42. The lowest BCUT2D eigenvalue weighted by molar-refractivity contribution is 0.0200. The topological polar surface area (TPSA) is 105 Å². The smallest absolute Gasteiger partial charge is 0.213 e. The molecule has 8 nitrogen and oxygen atoms in total. The van der Waals surface area contributed by atoms with Crippen molar-refractivity contribution >= 4 is 51.3 Å². The van der Waals surface area contributed by atoms with Crippen LogP contribution in [-0.4, -0.2) is 57.5 Å². The zero-order valence-electron chi connectivity index (χ0n) is 16.8. The maximum Gasteiger partial charge on any atom is 0.213 e. The Bertz CT molecular complexity index is 699. The first-order valence-corrected chi connectivity index (χ1v) is 11.9. The van der Waals surface area contributed by atoms with Gasteiger partial charge in [0.25, 0.3) is 0 Å². The molecule has 0 radical (unpaired) electrons. The predicted octanol–water partition coefficient (Wildman–Crippen LogP) is 1.92. The molecule has 1 aromatic rings. The third kappa shape index (κ3) is 9.33. The Morgan fingerprint density at radius 3 is 2.71 bits per heavy atom. The number of hydrogen-bond acceptors (Lipinski definition) is 6. The molecule has 1 unspecified atom stereocenters. The van der Waals surface area contributed by atoms with Gasteiger partial charge >= 0.3 is 0 Å². The van der Waals surface area contributed by atoms with E-state index in [1.807, 2.05) is 20.8 Å². The van der Waals surface area contributed by atoms with Crippen molar-refractivity contribution in [1.29, 1.82) is 0 Å². The summed E-state index contributed by atoms with van der Waals surface area (Å²) in [5.74, 6) is 0.577. The van der Waals surface area contributed by atoms with Crippen LogP contribution in [0.2, 0.25) is 0 Å².